The topological polar surface area (TPSA) is 27.7 Å². The van der Waals surface area contributed by atoms with Gasteiger partial charge >= 0.3 is 0 Å². The summed E-state index contributed by atoms with van der Waals surface area (Å²) in [7, 11) is 0. The molecule has 0 atom stereocenters. The SMILES string of the molecule is CCOC(CCCCCCCCCCS)(OCC)OCC. The molecule has 0 saturated carbocycles. The molecule has 0 aromatic rings. The maximum atomic E-state index is 5.73. The molecule has 0 unspecified atom stereocenters. The molecule has 21 heavy (non-hydrogen) atoms. The molecule has 0 bridgehead atoms. The van der Waals surface area contributed by atoms with Crippen LogP contribution in [-0.2, 0) is 14.2 Å². The highest BCUT2D eigenvalue weighted by molar-refractivity contribution is 7.80. The summed E-state index contributed by atoms with van der Waals surface area (Å²) in [4.78, 5) is 0. The van der Waals surface area contributed by atoms with Gasteiger partial charge in [0.2, 0.25) is 0 Å². The van der Waals surface area contributed by atoms with E-state index in [4.69, 9.17) is 14.2 Å². The van der Waals surface area contributed by atoms with E-state index in [9.17, 15) is 0 Å². The Morgan fingerprint density at radius 2 is 1.00 bits per heavy atom. The molecular formula is C17H36O3S. The molecule has 0 N–H and O–H groups in total. The molecule has 0 saturated heterocycles. The third-order valence-corrected chi connectivity index (χ3v) is 3.80. The minimum absolute atomic E-state index is 0.616. The highest BCUT2D eigenvalue weighted by Crippen LogP contribution is 2.24. The quantitative estimate of drug-likeness (QED) is 0.241. The molecule has 0 amide bonds. The fraction of sp³-hybridized carbons (Fsp3) is 1.00. The fourth-order valence-electron chi connectivity index (χ4n) is 2.52. The van der Waals surface area contributed by atoms with Gasteiger partial charge in [0.25, 0.3) is 5.97 Å². The lowest BCUT2D eigenvalue weighted by Crippen LogP contribution is -2.39. The average molecular weight is 321 g/mol. The van der Waals surface area contributed by atoms with Gasteiger partial charge in [-0.25, -0.2) is 0 Å². The summed E-state index contributed by atoms with van der Waals surface area (Å²) in [5.41, 5.74) is 0. The average Bonchev–Trinajstić information content (AvgIpc) is 2.46. The molecule has 3 nitrogen and oxygen atoms in total. The first-order valence-corrected chi connectivity index (χ1v) is 9.40. The Hall–Kier alpha value is 0.230. The van der Waals surface area contributed by atoms with Crippen LogP contribution in [0.1, 0.15) is 78.6 Å². The monoisotopic (exact) mass is 320 g/mol. The minimum Gasteiger partial charge on any atom is -0.328 e. The summed E-state index contributed by atoms with van der Waals surface area (Å²) >= 11 is 4.23. The first-order chi connectivity index (χ1) is 10.2. The van der Waals surface area contributed by atoms with Gasteiger partial charge in [-0.2, -0.15) is 12.6 Å². The van der Waals surface area contributed by atoms with Gasteiger partial charge in [0.1, 0.15) is 0 Å². The fourth-order valence-corrected chi connectivity index (χ4v) is 2.74. The Morgan fingerprint density at radius 3 is 1.38 bits per heavy atom. The van der Waals surface area contributed by atoms with Crippen LogP contribution in [0.4, 0.5) is 0 Å². The predicted octanol–water partition coefficient (Wildman–Crippen LogP) is 5.19. The Labute approximate surface area is 137 Å². The zero-order valence-electron chi connectivity index (χ0n) is 14.4. The van der Waals surface area contributed by atoms with Crippen molar-refractivity contribution in [3.05, 3.63) is 0 Å². The highest BCUT2D eigenvalue weighted by Gasteiger charge is 2.31. The van der Waals surface area contributed by atoms with Crippen molar-refractivity contribution >= 4 is 12.6 Å². The largest absolute Gasteiger partial charge is 0.328 e. The molecular weight excluding hydrogens is 284 g/mol. The molecule has 0 aliphatic rings. The van der Waals surface area contributed by atoms with Crippen LogP contribution in [-0.4, -0.2) is 31.5 Å². The maximum Gasteiger partial charge on any atom is 0.282 e. The standard InChI is InChI=1S/C17H36O3S/c1-4-18-17(19-5-2,20-6-3)15-13-11-9-7-8-10-12-14-16-21/h21H,4-16H2,1-3H3. The second-order valence-corrected chi connectivity index (χ2v) is 5.73. The Bertz CT molecular complexity index is 195. The summed E-state index contributed by atoms with van der Waals surface area (Å²) in [6.45, 7) is 7.80. The van der Waals surface area contributed by atoms with Crippen LogP contribution in [0.5, 0.6) is 0 Å². The Morgan fingerprint density at radius 1 is 0.619 bits per heavy atom. The van der Waals surface area contributed by atoms with E-state index in [1.54, 1.807) is 0 Å². The summed E-state index contributed by atoms with van der Waals surface area (Å²) in [6, 6.07) is 0. The van der Waals surface area contributed by atoms with Crippen LogP contribution >= 0.6 is 12.6 Å². The molecule has 0 radical (unpaired) electrons. The zero-order valence-corrected chi connectivity index (χ0v) is 15.3. The third kappa shape index (κ3) is 11.5. The highest BCUT2D eigenvalue weighted by atomic mass is 32.1. The van der Waals surface area contributed by atoms with Gasteiger partial charge < -0.3 is 14.2 Å². The summed E-state index contributed by atoms with van der Waals surface area (Å²) in [5.74, 6) is 0.208. The first-order valence-electron chi connectivity index (χ1n) is 8.77. The zero-order chi connectivity index (χ0) is 15.8. The van der Waals surface area contributed by atoms with Crippen molar-refractivity contribution in [2.24, 2.45) is 0 Å². The van der Waals surface area contributed by atoms with Crippen molar-refractivity contribution in [1.82, 2.24) is 0 Å². The molecule has 0 aromatic heterocycles. The molecule has 0 fully saturated rings. The lowest BCUT2D eigenvalue weighted by atomic mass is 10.1. The van der Waals surface area contributed by atoms with Gasteiger partial charge in [-0.15, -0.1) is 0 Å². The van der Waals surface area contributed by atoms with Crippen LogP contribution in [0.3, 0.4) is 0 Å². The minimum atomic E-state index is -0.815. The summed E-state index contributed by atoms with van der Waals surface area (Å²) in [5, 5.41) is 0. The van der Waals surface area contributed by atoms with E-state index < -0.39 is 5.97 Å². The van der Waals surface area contributed by atoms with E-state index in [1.807, 2.05) is 20.8 Å². The van der Waals surface area contributed by atoms with Crippen molar-refractivity contribution in [2.45, 2.75) is 84.5 Å². The van der Waals surface area contributed by atoms with Crippen molar-refractivity contribution < 1.29 is 14.2 Å². The van der Waals surface area contributed by atoms with Crippen LogP contribution in [0, 0.1) is 0 Å². The second kappa shape index (κ2) is 15.1. The smallest absolute Gasteiger partial charge is 0.282 e. The van der Waals surface area contributed by atoms with Gasteiger partial charge in [-0.3, -0.25) is 0 Å². The number of ether oxygens (including phenoxy) is 3. The number of thiol groups is 1. The predicted molar refractivity (Wildman–Crippen MR) is 93.0 cm³/mol. The van der Waals surface area contributed by atoms with Crippen molar-refractivity contribution in [1.29, 1.82) is 0 Å². The Kier molecular flexibility index (Phi) is 15.3. The van der Waals surface area contributed by atoms with E-state index in [1.165, 1.54) is 44.9 Å². The maximum absolute atomic E-state index is 5.73. The lowest BCUT2D eigenvalue weighted by Gasteiger charge is -2.32. The van der Waals surface area contributed by atoms with Gasteiger partial charge in [-0.05, 0) is 39.4 Å². The lowest BCUT2D eigenvalue weighted by molar-refractivity contribution is -0.380. The third-order valence-electron chi connectivity index (χ3n) is 3.48. The van der Waals surface area contributed by atoms with Crippen LogP contribution in [0.25, 0.3) is 0 Å². The van der Waals surface area contributed by atoms with Crippen molar-refractivity contribution in [3.8, 4) is 0 Å². The molecule has 0 aliphatic carbocycles. The summed E-state index contributed by atoms with van der Waals surface area (Å²) in [6.07, 6.45) is 11.0. The molecule has 0 aromatic carbocycles. The van der Waals surface area contributed by atoms with E-state index in [2.05, 4.69) is 12.6 Å². The van der Waals surface area contributed by atoms with Crippen molar-refractivity contribution in [2.75, 3.05) is 25.6 Å². The molecule has 128 valence electrons. The normalized spacial score (nSPS) is 12.0. The second-order valence-electron chi connectivity index (χ2n) is 5.28. The van der Waals surface area contributed by atoms with E-state index in [0.717, 1.165) is 18.6 Å². The number of rotatable bonds is 16. The number of unbranched alkanes of at least 4 members (excludes halogenated alkanes) is 7. The molecule has 4 heteroatoms. The van der Waals surface area contributed by atoms with Gasteiger partial charge in [0.15, 0.2) is 0 Å². The molecule has 0 rings (SSSR count). The molecule has 0 aliphatic heterocycles. The van der Waals surface area contributed by atoms with Crippen LogP contribution in [0.15, 0.2) is 0 Å². The first kappa shape index (κ1) is 21.2. The number of hydrogen-bond acceptors (Lipinski definition) is 4. The van der Waals surface area contributed by atoms with Gasteiger partial charge in [-0.1, -0.05) is 38.5 Å². The summed E-state index contributed by atoms with van der Waals surface area (Å²) < 4.78 is 17.2. The van der Waals surface area contributed by atoms with E-state index >= 15 is 0 Å². The molecule has 0 heterocycles. The van der Waals surface area contributed by atoms with Crippen molar-refractivity contribution in [3.63, 3.8) is 0 Å². The number of hydrogen-bond donors (Lipinski definition) is 1. The Balaban J connectivity index is 3.76. The van der Waals surface area contributed by atoms with Crippen LogP contribution in [0.2, 0.25) is 0 Å². The molecule has 0 spiro atoms. The van der Waals surface area contributed by atoms with E-state index in [0.29, 0.717) is 19.8 Å². The van der Waals surface area contributed by atoms with E-state index in [-0.39, 0.29) is 0 Å². The van der Waals surface area contributed by atoms with Gasteiger partial charge in [0, 0.05) is 26.2 Å². The van der Waals surface area contributed by atoms with Crippen LogP contribution < -0.4 is 0 Å². The van der Waals surface area contributed by atoms with Gasteiger partial charge in [0.05, 0.1) is 0 Å².